The third-order valence-corrected chi connectivity index (χ3v) is 1.63. The van der Waals surface area contributed by atoms with Crippen molar-refractivity contribution in [1.29, 1.82) is 0 Å². The predicted octanol–water partition coefficient (Wildman–Crippen LogP) is 5.45. The molecule has 0 aliphatic heterocycles. The van der Waals surface area contributed by atoms with Crippen LogP contribution >= 0.6 is 0 Å². The molecule has 0 radical (unpaired) electrons. The molecular weight excluding hydrogens is 239 g/mol. The van der Waals surface area contributed by atoms with Crippen LogP contribution in [-0.2, 0) is 6.18 Å². The number of alkyl halides is 3. The van der Waals surface area contributed by atoms with Gasteiger partial charge in [-0.1, -0.05) is 39.8 Å². The number of benzene rings is 1. The molecule has 1 aromatic rings. The zero-order chi connectivity index (χ0) is 15.4. The molecule has 18 heavy (non-hydrogen) atoms. The predicted molar refractivity (Wildman–Crippen MR) is 74.5 cm³/mol. The summed E-state index contributed by atoms with van der Waals surface area (Å²) in [4.78, 5) is 0. The van der Waals surface area contributed by atoms with Gasteiger partial charge in [-0.15, -0.1) is 13.2 Å². The van der Waals surface area contributed by atoms with Crippen molar-refractivity contribution in [2.45, 2.75) is 40.8 Å². The fourth-order valence-corrected chi connectivity index (χ4v) is 0.928. The summed E-state index contributed by atoms with van der Waals surface area (Å²) in [7, 11) is 0. The maximum atomic E-state index is 12.1. The quantitative estimate of drug-likeness (QED) is 0.488. The van der Waals surface area contributed by atoms with E-state index in [9.17, 15) is 13.2 Å². The lowest BCUT2D eigenvalue weighted by molar-refractivity contribution is -0.136. The summed E-state index contributed by atoms with van der Waals surface area (Å²) in [5.74, 6) is 0. The molecule has 0 bridgehead atoms. The van der Waals surface area contributed by atoms with Gasteiger partial charge in [0.1, 0.15) is 0 Å². The van der Waals surface area contributed by atoms with E-state index in [2.05, 4.69) is 13.2 Å². The molecule has 0 atom stereocenters. The van der Waals surface area contributed by atoms with Gasteiger partial charge in [0.2, 0.25) is 0 Å². The Morgan fingerprint density at radius 3 is 1.67 bits per heavy atom. The van der Waals surface area contributed by atoms with E-state index in [-0.39, 0.29) is 5.69 Å². The highest BCUT2D eigenvalue weighted by molar-refractivity contribution is 5.54. The summed E-state index contributed by atoms with van der Waals surface area (Å²) in [6, 6.07) is 3.86. The highest BCUT2D eigenvalue weighted by Crippen LogP contribution is 2.34. The largest absolute Gasteiger partial charge is 0.418 e. The second-order valence-electron chi connectivity index (χ2n) is 2.53. The Bertz CT molecular complexity index is 306. The van der Waals surface area contributed by atoms with Gasteiger partial charge in [-0.2, -0.15) is 13.2 Å². The summed E-state index contributed by atoms with van der Waals surface area (Å²) >= 11 is 0. The van der Waals surface area contributed by atoms with Crippen LogP contribution in [-0.4, -0.2) is 0 Å². The topological polar surface area (TPSA) is 26.0 Å². The van der Waals surface area contributed by atoms with Crippen LogP contribution in [0.25, 0.3) is 0 Å². The van der Waals surface area contributed by atoms with Gasteiger partial charge in [-0.05, 0) is 18.6 Å². The molecule has 0 aromatic heterocycles. The highest BCUT2D eigenvalue weighted by Gasteiger charge is 2.32. The first-order valence-electron chi connectivity index (χ1n) is 5.85. The zero-order valence-corrected chi connectivity index (χ0v) is 11.9. The van der Waals surface area contributed by atoms with Crippen LogP contribution in [0.2, 0.25) is 0 Å². The third kappa shape index (κ3) is 7.76. The number of aryl methyl sites for hydroxylation is 1. The van der Waals surface area contributed by atoms with E-state index in [4.69, 9.17) is 5.73 Å². The van der Waals surface area contributed by atoms with Crippen molar-refractivity contribution in [3.05, 3.63) is 42.5 Å². The minimum Gasteiger partial charge on any atom is -0.398 e. The van der Waals surface area contributed by atoms with E-state index in [0.29, 0.717) is 5.56 Å². The van der Waals surface area contributed by atoms with E-state index >= 15 is 0 Å². The number of hydrogen-bond acceptors (Lipinski definition) is 1. The van der Waals surface area contributed by atoms with Gasteiger partial charge in [0.25, 0.3) is 0 Å². The van der Waals surface area contributed by atoms with Crippen LogP contribution < -0.4 is 5.73 Å². The first-order valence-corrected chi connectivity index (χ1v) is 5.85. The van der Waals surface area contributed by atoms with Crippen LogP contribution in [0.3, 0.4) is 0 Å². The van der Waals surface area contributed by atoms with Gasteiger partial charge in [-0.25, -0.2) is 0 Å². The number of nitrogens with two attached hydrogens (primary N) is 1. The van der Waals surface area contributed by atoms with Crippen LogP contribution in [0, 0.1) is 6.92 Å². The fraction of sp³-hybridized carbons (Fsp3) is 0.429. The molecule has 0 saturated carbocycles. The van der Waals surface area contributed by atoms with Crippen LogP contribution in [0.1, 0.15) is 38.8 Å². The van der Waals surface area contributed by atoms with E-state index in [1.54, 1.807) is 13.0 Å². The molecule has 0 saturated heterocycles. The second kappa shape index (κ2) is 12.0. The summed E-state index contributed by atoms with van der Waals surface area (Å²) < 4.78 is 36.4. The number of nitrogen functional groups attached to an aromatic ring is 1. The Balaban J connectivity index is -0.000000328. The van der Waals surface area contributed by atoms with Gasteiger partial charge in [0.15, 0.2) is 0 Å². The molecule has 4 heteroatoms. The Hall–Kier alpha value is -1.45. The molecule has 106 valence electrons. The first-order chi connectivity index (χ1) is 8.43. The molecule has 0 unspecified atom stereocenters. The molecule has 2 N–H and O–H groups in total. The van der Waals surface area contributed by atoms with Crippen LogP contribution in [0.5, 0.6) is 0 Å². The van der Waals surface area contributed by atoms with Gasteiger partial charge in [0, 0.05) is 5.69 Å². The summed E-state index contributed by atoms with van der Waals surface area (Å²) in [6.07, 6.45) is -4.35. The third-order valence-electron chi connectivity index (χ3n) is 1.63. The summed E-state index contributed by atoms with van der Waals surface area (Å²) in [5.41, 5.74) is 4.75. The molecule has 0 heterocycles. The maximum Gasteiger partial charge on any atom is 0.418 e. The number of halogens is 3. The molecule has 0 amide bonds. The van der Waals surface area contributed by atoms with Crippen molar-refractivity contribution >= 4 is 5.69 Å². The summed E-state index contributed by atoms with van der Waals surface area (Å²) in [6.45, 7) is 15.5. The molecule has 0 aliphatic carbocycles. The van der Waals surface area contributed by atoms with E-state index in [1.165, 1.54) is 6.07 Å². The number of rotatable bonds is 0. The lowest BCUT2D eigenvalue weighted by Gasteiger charge is -2.10. The minimum atomic E-state index is -4.35. The fourth-order valence-electron chi connectivity index (χ4n) is 0.928. The van der Waals surface area contributed by atoms with Gasteiger partial charge in [0.05, 0.1) is 5.56 Å². The van der Waals surface area contributed by atoms with Gasteiger partial charge >= 0.3 is 6.18 Å². The molecule has 1 aromatic carbocycles. The Morgan fingerprint density at radius 1 is 1.00 bits per heavy atom. The number of hydrogen-bond donors (Lipinski definition) is 1. The Kier molecular flexibility index (Phi) is 14.6. The SMILES string of the molecule is C=C.CC.CC.Cc1cccc(C(F)(F)F)c1N. The van der Waals surface area contributed by atoms with Crippen LogP contribution in [0.15, 0.2) is 31.4 Å². The molecule has 1 nitrogen and oxygen atoms in total. The number of anilines is 1. The monoisotopic (exact) mass is 263 g/mol. The molecule has 0 aliphatic rings. The van der Waals surface area contributed by atoms with E-state index in [1.807, 2.05) is 27.7 Å². The molecule has 1 rings (SSSR count). The van der Waals surface area contributed by atoms with Gasteiger partial charge in [-0.3, -0.25) is 0 Å². The van der Waals surface area contributed by atoms with Crippen molar-refractivity contribution in [1.82, 2.24) is 0 Å². The van der Waals surface area contributed by atoms with E-state index < -0.39 is 11.7 Å². The lowest BCUT2D eigenvalue weighted by atomic mass is 10.1. The summed E-state index contributed by atoms with van der Waals surface area (Å²) in [5, 5.41) is 0. The van der Waals surface area contributed by atoms with Crippen molar-refractivity contribution < 1.29 is 13.2 Å². The molecule has 0 fully saturated rings. The van der Waals surface area contributed by atoms with E-state index in [0.717, 1.165) is 6.07 Å². The Labute approximate surface area is 109 Å². The average molecular weight is 263 g/mol. The second-order valence-corrected chi connectivity index (χ2v) is 2.53. The average Bonchev–Trinajstić information content (AvgIpc) is 2.38. The van der Waals surface area contributed by atoms with Crippen molar-refractivity contribution in [2.24, 2.45) is 0 Å². The molecular formula is C14H24F3N. The van der Waals surface area contributed by atoms with Gasteiger partial charge < -0.3 is 5.73 Å². The maximum absolute atomic E-state index is 12.1. The Morgan fingerprint density at radius 2 is 1.39 bits per heavy atom. The number of para-hydroxylation sites is 1. The van der Waals surface area contributed by atoms with Crippen LogP contribution in [0.4, 0.5) is 18.9 Å². The smallest absolute Gasteiger partial charge is 0.398 e. The van der Waals surface area contributed by atoms with Crippen molar-refractivity contribution in [3.63, 3.8) is 0 Å². The standard InChI is InChI=1S/C8H8F3N.2C2H6.C2H4/c1-5-3-2-4-6(7(5)12)8(9,10)11;3*1-2/h2-4H,12H2,1H3;2*1-2H3;1-2H2. The normalized spacial score (nSPS) is 8.67. The molecule has 0 spiro atoms. The zero-order valence-electron chi connectivity index (χ0n) is 11.9. The van der Waals surface area contributed by atoms with Crippen molar-refractivity contribution in [2.75, 3.05) is 5.73 Å². The minimum absolute atomic E-state index is 0.190. The highest BCUT2D eigenvalue weighted by atomic mass is 19.4. The van der Waals surface area contributed by atoms with Crippen molar-refractivity contribution in [3.8, 4) is 0 Å². The lowest BCUT2D eigenvalue weighted by Crippen LogP contribution is -2.09. The first kappa shape index (κ1) is 21.8.